The van der Waals surface area contributed by atoms with Crippen molar-refractivity contribution >= 4 is 35.3 Å². The Morgan fingerprint density at radius 2 is 2.03 bits per heavy atom. The van der Waals surface area contributed by atoms with Gasteiger partial charge in [0.1, 0.15) is 22.9 Å². The molecule has 0 aliphatic carbocycles. The molecule has 180 valence electrons. The molecule has 1 saturated heterocycles. The highest BCUT2D eigenvalue weighted by atomic mass is 16.2. The smallest absolute Gasteiger partial charge is 0.258 e. The molecule has 2 amide bonds. The number of rotatable bonds is 4. The van der Waals surface area contributed by atoms with E-state index >= 15 is 0 Å². The largest absolute Gasteiger partial charge is 0.382 e. The van der Waals surface area contributed by atoms with Crippen molar-refractivity contribution in [3.63, 3.8) is 0 Å². The van der Waals surface area contributed by atoms with Crippen molar-refractivity contribution in [2.24, 2.45) is 9.98 Å². The molecule has 1 atom stereocenters. The van der Waals surface area contributed by atoms with Crippen molar-refractivity contribution in [3.05, 3.63) is 60.7 Å². The number of imidazole rings is 1. The molecule has 1 aliphatic heterocycles. The number of carbonyl (C=O) groups is 2. The lowest BCUT2D eigenvalue weighted by Gasteiger charge is -2.34. The topological polar surface area (TPSA) is 130 Å². The summed E-state index contributed by atoms with van der Waals surface area (Å²) < 4.78 is 1.91. The molecule has 0 spiro atoms. The van der Waals surface area contributed by atoms with Crippen molar-refractivity contribution in [1.29, 1.82) is 0 Å². The van der Waals surface area contributed by atoms with Gasteiger partial charge in [-0.1, -0.05) is 18.7 Å². The number of aromatic nitrogens is 3. The number of hydrogen-bond acceptors (Lipinski definition) is 6. The average molecular weight is 473 g/mol. The lowest BCUT2D eigenvalue weighted by molar-refractivity contribution is -0.129. The summed E-state index contributed by atoms with van der Waals surface area (Å²) in [5, 5.41) is 2.67. The molecule has 0 saturated carbocycles. The minimum Gasteiger partial charge on any atom is -0.382 e. The Labute approximate surface area is 203 Å². The van der Waals surface area contributed by atoms with Crippen LogP contribution in [0.4, 0.5) is 5.82 Å². The first-order valence-corrected chi connectivity index (χ1v) is 11.4. The summed E-state index contributed by atoms with van der Waals surface area (Å²) in [5.74, 6) is 0.855. The highest BCUT2D eigenvalue weighted by Crippen LogP contribution is 2.35. The van der Waals surface area contributed by atoms with Gasteiger partial charge in [0, 0.05) is 43.3 Å². The fourth-order valence-electron chi connectivity index (χ4n) is 4.33. The number of benzene rings is 1. The Bertz CT molecular complexity index is 1320. The van der Waals surface area contributed by atoms with E-state index in [1.807, 2.05) is 27.6 Å². The molecule has 1 aromatic carbocycles. The van der Waals surface area contributed by atoms with Crippen molar-refractivity contribution in [2.75, 3.05) is 19.3 Å². The van der Waals surface area contributed by atoms with Crippen LogP contribution in [-0.2, 0) is 4.79 Å². The molecule has 1 aliphatic rings. The van der Waals surface area contributed by atoms with E-state index in [2.05, 4.69) is 26.9 Å². The Morgan fingerprint density at radius 3 is 2.71 bits per heavy atom. The Hall–Kier alpha value is -4.34. The minimum absolute atomic E-state index is 0.118. The van der Waals surface area contributed by atoms with Crippen LogP contribution in [-0.4, -0.2) is 56.8 Å². The van der Waals surface area contributed by atoms with Crippen LogP contribution in [0.25, 0.3) is 16.8 Å². The van der Waals surface area contributed by atoms with Crippen LogP contribution in [0.3, 0.4) is 0 Å². The van der Waals surface area contributed by atoms with Crippen molar-refractivity contribution in [3.8, 4) is 11.3 Å². The van der Waals surface area contributed by atoms with Gasteiger partial charge in [0.2, 0.25) is 11.9 Å². The Kier molecular flexibility index (Phi) is 7.00. The summed E-state index contributed by atoms with van der Waals surface area (Å²) in [4.78, 5) is 44.1. The third-order valence-electron chi connectivity index (χ3n) is 5.98. The van der Waals surface area contributed by atoms with Crippen molar-refractivity contribution < 1.29 is 9.59 Å². The van der Waals surface area contributed by atoms with Gasteiger partial charge in [-0.15, -0.1) is 0 Å². The number of piperidine rings is 1. The van der Waals surface area contributed by atoms with E-state index in [1.165, 1.54) is 6.08 Å². The number of aliphatic imine (C=N–C) groups is 2. The van der Waals surface area contributed by atoms with Gasteiger partial charge in [0.15, 0.2) is 0 Å². The van der Waals surface area contributed by atoms with E-state index in [4.69, 9.17) is 10.7 Å². The Balaban J connectivity index is 1.73. The fourth-order valence-corrected chi connectivity index (χ4v) is 4.33. The molecule has 0 unspecified atom stereocenters. The summed E-state index contributed by atoms with van der Waals surface area (Å²) in [6.45, 7) is 6.05. The van der Waals surface area contributed by atoms with Crippen molar-refractivity contribution in [1.82, 2.24) is 24.6 Å². The van der Waals surface area contributed by atoms with E-state index in [9.17, 15) is 9.59 Å². The number of likely N-dealkylation sites (tertiary alicyclic amines) is 1. The van der Waals surface area contributed by atoms with Gasteiger partial charge in [0.25, 0.3) is 5.91 Å². The van der Waals surface area contributed by atoms with Crippen LogP contribution in [0, 0.1) is 0 Å². The molecule has 1 fully saturated rings. The summed E-state index contributed by atoms with van der Waals surface area (Å²) in [5.41, 5.74) is 8.80. The van der Waals surface area contributed by atoms with Gasteiger partial charge < -0.3 is 10.6 Å². The maximum Gasteiger partial charge on any atom is 0.258 e. The molecule has 3 N–H and O–H groups in total. The number of anilines is 1. The predicted octanol–water partition coefficient (Wildman–Crippen LogP) is 3.02. The third kappa shape index (κ3) is 4.68. The fraction of sp³-hybridized carbons (Fsp3) is 0.280. The van der Waals surface area contributed by atoms with E-state index in [1.54, 1.807) is 38.5 Å². The first-order valence-electron chi connectivity index (χ1n) is 11.4. The number of hydrogen-bond donors (Lipinski definition) is 2. The van der Waals surface area contributed by atoms with Crippen LogP contribution in [0.15, 0.2) is 59.3 Å². The first kappa shape index (κ1) is 23.8. The van der Waals surface area contributed by atoms with Gasteiger partial charge >= 0.3 is 0 Å². The molecular formula is C25H28N8O2. The van der Waals surface area contributed by atoms with Gasteiger partial charge in [-0.25, -0.2) is 15.0 Å². The quantitative estimate of drug-likeness (QED) is 0.342. The van der Waals surface area contributed by atoms with Crippen LogP contribution in [0.5, 0.6) is 0 Å². The zero-order chi connectivity index (χ0) is 24.9. The van der Waals surface area contributed by atoms with Gasteiger partial charge in [-0.3, -0.25) is 24.3 Å². The van der Waals surface area contributed by atoms with Crippen LogP contribution in [0.2, 0.25) is 0 Å². The average Bonchev–Trinajstić information content (AvgIpc) is 3.29. The number of guanidine groups is 1. The SMILES string of the molecule is C=CC(=O)N1CCCC[C@H]1c1nc(-c2ccc(C(=O)NC(/N=C\C)=N/C)cc2)c2c(N)nccn12. The lowest BCUT2D eigenvalue weighted by Crippen LogP contribution is -2.38. The molecule has 2 aromatic heterocycles. The number of fused-ring (bicyclic) bond motifs is 1. The van der Waals surface area contributed by atoms with Crippen LogP contribution in [0.1, 0.15) is 48.4 Å². The third-order valence-corrected chi connectivity index (χ3v) is 5.98. The Morgan fingerprint density at radius 1 is 1.26 bits per heavy atom. The molecule has 35 heavy (non-hydrogen) atoms. The first-order chi connectivity index (χ1) is 17.0. The van der Waals surface area contributed by atoms with Crippen LogP contribution < -0.4 is 11.1 Å². The highest BCUT2D eigenvalue weighted by molar-refractivity contribution is 6.07. The zero-order valence-corrected chi connectivity index (χ0v) is 19.8. The molecule has 3 aromatic rings. The lowest BCUT2D eigenvalue weighted by atomic mass is 10.0. The maximum absolute atomic E-state index is 12.6. The minimum atomic E-state index is -0.319. The second kappa shape index (κ2) is 10.3. The normalized spacial score (nSPS) is 16.6. The maximum atomic E-state index is 12.6. The van der Waals surface area contributed by atoms with E-state index in [0.29, 0.717) is 29.1 Å². The molecule has 10 heteroatoms. The number of amides is 2. The number of nitrogens with one attached hydrogen (secondary N) is 1. The molecule has 3 heterocycles. The summed E-state index contributed by atoms with van der Waals surface area (Å²) >= 11 is 0. The van der Waals surface area contributed by atoms with Gasteiger partial charge in [0.05, 0.1) is 6.04 Å². The van der Waals surface area contributed by atoms with E-state index in [0.717, 1.165) is 30.7 Å². The number of carbonyl (C=O) groups excluding carboxylic acids is 2. The number of nitrogens with zero attached hydrogens (tertiary/aromatic N) is 6. The zero-order valence-electron chi connectivity index (χ0n) is 19.8. The molecular weight excluding hydrogens is 444 g/mol. The number of nitrogens with two attached hydrogens (primary N) is 1. The summed E-state index contributed by atoms with van der Waals surface area (Å²) in [6.07, 6.45) is 9.06. The molecule has 4 rings (SSSR count). The van der Waals surface area contributed by atoms with Crippen molar-refractivity contribution in [2.45, 2.75) is 32.2 Å². The number of nitrogen functional groups attached to an aromatic ring is 1. The molecule has 0 bridgehead atoms. The standard InChI is InChI=1S/C25H28N8O2/c1-4-19(34)32-14-7-6-8-18(32)23-30-20(21-22(26)29-13-15-33(21)23)16-9-11-17(12-10-16)24(35)31-25(27-3)28-5-2/h4-5,9-13,15,18H,1,6-8,14H2,2-3H3,(H2,26,29)(H,27,31,35)/b28-5-/t18-/m0/s1. The molecule has 0 radical (unpaired) electrons. The van der Waals surface area contributed by atoms with Gasteiger partial charge in [-0.05, 0) is 44.4 Å². The predicted molar refractivity (Wildman–Crippen MR) is 136 cm³/mol. The monoisotopic (exact) mass is 472 g/mol. The van der Waals surface area contributed by atoms with Crippen LogP contribution >= 0.6 is 0 Å². The second-order valence-electron chi connectivity index (χ2n) is 8.06. The highest BCUT2D eigenvalue weighted by Gasteiger charge is 2.31. The van der Waals surface area contributed by atoms with E-state index < -0.39 is 0 Å². The molecule has 10 nitrogen and oxygen atoms in total. The summed E-state index contributed by atoms with van der Waals surface area (Å²) in [6, 6.07) is 6.84. The van der Waals surface area contributed by atoms with E-state index in [-0.39, 0.29) is 23.8 Å². The van der Waals surface area contributed by atoms with Gasteiger partial charge in [-0.2, -0.15) is 0 Å². The summed E-state index contributed by atoms with van der Waals surface area (Å²) in [7, 11) is 1.56. The second-order valence-corrected chi connectivity index (χ2v) is 8.06.